The van der Waals surface area contributed by atoms with Crippen LogP contribution >= 0.6 is 38.9 Å². The molecule has 3 N–H and O–H groups in total. The smallest absolute Gasteiger partial charge is 0.246 e. The highest BCUT2D eigenvalue weighted by molar-refractivity contribution is 9.10. The number of amides is 1. The fourth-order valence-corrected chi connectivity index (χ4v) is 3.40. The van der Waals surface area contributed by atoms with E-state index in [2.05, 4.69) is 21.2 Å². The summed E-state index contributed by atoms with van der Waals surface area (Å²) in [7, 11) is 0. The summed E-state index contributed by atoms with van der Waals surface area (Å²) in [6.45, 7) is 2.34. The molecule has 7 heteroatoms. The minimum Gasteiger partial charge on any atom is -0.491 e. The molecule has 1 atom stereocenters. The summed E-state index contributed by atoms with van der Waals surface area (Å²) in [6, 6.07) is 6.30. The van der Waals surface area contributed by atoms with Crippen LogP contribution in [0.4, 0.5) is 5.69 Å². The average Bonchev–Trinajstić information content (AvgIpc) is 2.95. The third-order valence-electron chi connectivity index (χ3n) is 2.69. The van der Waals surface area contributed by atoms with Crippen LogP contribution in [0.3, 0.4) is 0 Å². The number of hydrogen-bond acceptors (Lipinski definition) is 4. The van der Waals surface area contributed by atoms with Crippen LogP contribution < -0.4 is 15.8 Å². The second-order valence-corrected chi connectivity index (χ2v) is 6.45. The van der Waals surface area contributed by atoms with E-state index >= 15 is 0 Å². The first kappa shape index (κ1) is 16.3. The highest BCUT2D eigenvalue weighted by atomic mass is 79.9. The molecule has 0 aliphatic carbocycles. The number of ether oxygens (including phenoxy) is 1. The Morgan fingerprint density at radius 3 is 2.95 bits per heavy atom. The van der Waals surface area contributed by atoms with Crippen molar-refractivity contribution in [3.8, 4) is 5.75 Å². The second-order valence-electron chi connectivity index (χ2n) is 4.18. The van der Waals surface area contributed by atoms with Crippen LogP contribution in [0.1, 0.15) is 17.8 Å². The fourth-order valence-electron chi connectivity index (χ4n) is 1.75. The Morgan fingerprint density at radius 1 is 1.57 bits per heavy atom. The van der Waals surface area contributed by atoms with E-state index in [-0.39, 0.29) is 5.91 Å². The van der Waals surface area contributed by atoms with Crippen LogP contribution in [0, 0.1) is 0 Å². The number of halogens is 2. The van der Waals surface area contributed by atoms with Crippen molar-refractivity contribution < 1.29 is 9.53 Å². The third kappa shape index (κ3) is 3.97. The fraction of sp³-hybridized carbons (Fsp3) is 0.214. The van der Waals surface area contributed by atoms with Gasteiger partial charge >= 0.3 is 0 Å². The minimum absolute atomic E-state index is 0.312. The van der Waals surface area contributed by atoms with Crippen LogP contribution in [0.15, 0.2) is 34.1 Å². The molecule has 2 rings (SSSR count). The van der Waals surface area contributed by atoms with Crippen LogP contribution in [0.5, 0.6) is 5.75 Å². The molecule has 0 fully saturated rings. The number of benzene rings is 1. The molecule has 21 heavy (non-hydrogen) atoms. The number of carbonyl (C=O) groups is 1. The summed E-state index contributed by atoms with van der Waals surface area (Å²) in [5.74, 6) is 0.223. The van der Waals surface area contributed by atoms with E-state index in [1.165, 1.54) is 11.3 Å². The highest BCUT2D eigenvalue weighted by Crippen LogP contribution is 2.37. The van der Waals surface area contributed by atoms with Crippen LogP contribution in [0.25, 0.3) is 0 Å². The standard InChI is InChI=1S/C14H14BrClN2O2S/c1-2-20-13-9(15)6-8(16)7-10(13)18-14(19)12(17)11-4-3-5-21-11/h3-7,12H,2,17H2,1H3,(H,18,19). The molecular formula is C14H14BrClN2O2S. The largest absolute Gasteiger partial charge is 0.491 e. The van der Waals surface area contributed by atoms with E-state index in [0.29, 0.717) is 27.5 Å². The van der Waals surface area contributed by atoms with Crippen molar-refractivity contribution in [3.63, 3.8) is 0 Å². The molecule has 1 aromatic heterocycles. The molecule has 0 saturated heterocycles. The van der Waals surface area contributed by atoms with Crippen molar-refractivity contribution in [2.45, 2.75) is 13.0 Å². The highest BCUT2D eigenvalue weighted by Gasteiger charge is 2.19. The molecule has 1 aromatic carbocycles. The minimum atomic E-state index is -0.725. The van der Waals surface area contributed by atoms with Gasteiger partial charge in [0.25, 0.3) is 0 Å². The van der Waals surface area contributed by atoms with Gasteiger partial charge in [-0.2, -0.15) is 0 Å². The molecule has 0 spiro atoms. The zero-order chi connectivity index (χ0) is 15.4. The summed E-state index contributed by atoms with van der Waals surface area (Å²) < 4.78 is 6.21. The maximum absolute atomic E-state index is 12.2. The van der Waals surface area contributed by atoms with E-state index in [4.69, 9.17) is 22.1 Å². The normalized spacial score (nSPS) is 12.0. The Balaban J connectivity index is 2.24. The van der Waals surface area contributed by atoms with Crippen molar-refractivity contribution in [2.75, 3.05) is 11.9 Å². The topological polar surface area (TPSA) is 64.3 Å². The van der Waals surface area contributed by atoms with Crippen molar-refractivity contribution >= 4 is 50.5 Å². The van der Waals surface area contributed by atoms with Crippen LogP contribution in [-0.2, 0) is 4.79 Å². The Labute approximate surface area is 140 Å². The van der Waals surface area contributed by atoms with E-state index in [1.54, 1.807) is 12.1 Å². The van der Waals surface area contributed by atoms with Gasteiger partial charge < -0.3 is 15.8 Å². The molecule has 4 nitrogen and oxygen atoms in total. The average molecular weight is 390 g/mol. The Morgan fingerprint density at radius 2 is 2.33 bits per heavy atom. The molecular weight excluding hydrogens is 376 g/mol. The molecule has 0 aliphatic heterocycles. The zero-order valence-electron chi connectivity index (χ0n) is 11.2. The molecule has 0 aliphatic rings. The summed E-state index contributed by atoms with van der Waals surface area (Å²) in [6.07, 6.45) is 0. The lowest BCUT2D eigenvalue weighted by Crippen LogP contribution is -2.27. The predicted molar refractivity (Wildman–Crippen MR) is 90.2 cm³/mol. The van der Waals surface area contributed by atoms with Crippen molar-refractivity contribution in [1.82, 2.24) is 0 Å². The molecule has 0 bridgehead atoms. The number of carbonyl (C=O) groups excluding carboxylic acids is 1. The van der Waals surface area contributed by atoms with Gasteiger partial charge in [0.15, 0.2) is 5.75 Å². The van der Waals surface area contributed by atoms with E-state index in [1.807, 2.05) is 24.4 Å². The molecule has 1 amide bonds. The molecule has 0 saturated carbocycles. The second kappa shape index (κ2) is 7.26. The maximum atomic E-state index is 12.2. The van der Waals surface area contributed by atoms with Gasteiger partial charge in [-0.15, -0.1) is 11.3 Å². The Kier molecular flexibility index (Phi) is 5.64. The summed E-state index contributed by atoms with van der Waals surface area (Å²) in [5, 5.41) is 5.14. The third-order valence-corrected chi connectivity index (χ3v) is 4.45. The lowest BCUT2D eigenvalue weighted by molar-refractivity contribution is -0.117. The lowest BCUT2D eigenvalue weighted by Gasteiger charge is -2.16. The quantitative estimate of drug-likeness (QED) is 0.805. The number of hydrogen-bond donors (Lipinski definition) is 2. The summed E-state index contributed by atoms with van der Waals surface area (Å²) in [5.41, 5.74) is 6.44. The maximum Gasteiger partial charge on any atom is 0.246 e. The van der Waals surface area contributed by atoms with E-state index in [9.17, 15) is 4.79 Å². The van der Waals surface area contributed by atoms with Gasteiger partial charge in [-0.1, -0.05) is 17.7 Å². The number of rotatable bonds is 5. The van der Waals surface area contributed by atoms with Crippen molar-refractivity contribution in [1.29, 1.82) is 0 Å². The van der Waals surface area contributed by atoms with Gasteiger partial charge in [0, 0.05) is 9.90 Å². The van der Waals surface area contributed by atoms with Gasteiger partial charge in [-0.25, -0.2) is 0 Å². The van der Waals surface area contributed by atoms with E-state index in [0.717, 1.165) is 4.88 Å². The SMILES string of the molecule is CCOc1c(Br)cc(Cl)cc1NC(=O)C(N)c1cccs1. The predicted octanol–water partition coefficient (Wildman–Crippen LogP) is 4.20. The number of nitrogens with two attached hydrogens (primary N) is 1. The van der Waals surface area contributed by atoms with Gasteiger partial charge in [0.05, 0.1) is 16.8 Å². The first-order chi connectivity index (χ1) is 10.0. The van der Waals surface area contributed by atoms with Crippen molar-refractivity contribution in [2.24, 2.45) is 5.73 Å². The van der Waals surface area contributed by atoms with Gasteiger partial charge in [0.1, 0.15) is 6.04 Å². The monoisotopic (exact) mass is 388 g/mol. The Bertz CT molecular complexity index is 634. The Hall–Kier alpha value is -1.08. The molecule has 0 radical (unpaired) electrons. The molecule has 112 valence electrons. The lowest BCUT2D eigenvalue weighted by atomic mass is 10.2. The van der Waals surface area contributed by atoms with Crippen LogP contribution in [0.2, 0.25) is 5.02 Å². The number of anilines is 1. The van der Waals surface area contributed by atoms with E-state index < -0.39 is 6.04 Å². The number of nitrogens with one attached hydrogen (secondary N) is 1. The van der Waals surface area contributed by atoms with Gasteiger partial charge in [0.2, 0.25) is 5.91 Å². The molecule has 1 unspecified atom stereocenters. The first-order valence-corrected chi connectivity index (χ1v) is 8.29. The first-order valence-electron chi connectivity index (χ1n) is 6.24. The van der Waals surface area contributed by atoms with Crippen molar-refractivity contribution in [3.05, 3.63) is 44.0 Å². The number of thiophene rings is 1. The van der Waals surface area contributed by atoms with Gasteiger partial charge in [-0.3, -0.25) is 4.79 Å². The molecule has 2 aromatic rings. The van der Waals surface area contributed by atoms with Gasteiger partial charge in [-0.05, 0) is 46.4 Å². The molecule has 1 heterocycles. The summed E-state index contributed by atoms with van der Waals surface area (Å²) in [4.78, 5) is 13.0. The zero-order valence-corrected chi connectivity index (χ0v) is 14.4. The summed E-state index contributed by atoms with van der Waals surface area (Å²) >= 11 is 10.8. The van der Waals surface area contributed by atoms with Crippen LogP contribution in [-0.4, -0.2) is 12.5 Å².